The Morgan fingerprint density at radius 3 is 2.42 bits per heavy atom. The summed E-state index contributed by atoms with van der Waals surface area (Å²) in [6.45, 7) is 5.71. The van der Waals surface area contributed by atoms with Crippen molar-refractivity contribution in [2.75, 3.05) is 11.9 Å². The number of likely N-dealkylation sites (tertiary alicyclic amines) is 1. The van der Waals surface area contributed by atoms with E-state index in [2.05, 4.69) is 32.7 Å². The van der Waals surface area contributed by atoms with Crippen LogP contribution in [0.25, 0.3) is 33.4 Å². The van der Waals surface area contributed by atoms with Gasteiger partial charge in [0.15, 0.2) is 0 Å². The van der Waals surface area contributed by atoms with Crippen LogP contribution in [0.4, 0.5) is 10.5 Å². The molecule has 0 radical (unpaired) electrons. The van der Waals surface area contributed by atoms with Gasteiger partial charge in [0.1, 0.15) is 5.82 Å². The number of nitrogens with zero attached hydrogens (tertiary/aromatic N) is 2. The summed E-state index contributed by atoms with van der Waals surface area (Å²) in [5.41, 5.74) is 6.17. The summed E-state index contributed by atoms with van der Waals surface area (Å²) in [6.07, 6.45) is 1.67. The standard InChI is InChI=1S/C35H36N6O4/c1-21(2)37-35(44)45-32(24-8-5-4-6-9-24)34(43)41-17-7-10-31(41)33-36-20-30(40-33)25-13-16-28-26(18-25)19-29(39-28)23-11-14-27(15-12-23)38-22(3)42/h4-6,8-9,11-16,18-21,31-32,39H,7,10,17H2,1-3H3,(H,36,40)(H,37,44)(H,38,42)/t31-,32+/m0/s1. The minimum atomic E-state index is -1.06. The Morgan fingerprint density at radius 1 is 0.933 bits per heavy atom. The molecule has 1 fully saturated rings. The highest BCUT2D eigenvalue weighted by Gasteiger charge is 2.38. The fraction of sp³-hybridized carbons (Fsp3) is 0.257. The van der Waals surface area contributed by atoms with Crippen molar-refractivity contribution in [2.45, 2.75) is 51.8 Å². The van der Waals surface area contributed by atoms with Gasteiger partial charge in [-0.3, -0.25) is 9.59 Å². The lowest BCUT2D eigenvalue weighted by Crippen LogP contribution is -2.39. The number of aromatic nitrogens is 3. The number of ether oxygens (including phenoxy) is 1. The lowest BCUT2D eigenvalue weighted by Gasteiger charge is -2.28. The summed E-state index contributed by atoms with van der Waals surface area (Å²) in [7, 11) is 0. The first-order valence-corrected chi connectivity index (χ1v) is 15.1. The number of hydrogen-bond acceptors (Lipinski definition) is 5. The zero-order valence-electron chi connectivity index (χ0n) is 25.5. The van der Waals surface area contributed by atoms with E-state index in [0.29, 0.717) is 17.9 Å². The van der Waals surface area contributed by atoms with E-state index in [1.165, 1.54) is 6.92 Å². The number of rotatable bonds is 8. The van der Waals surface area contributed by atoms with Gasteiger partial charge in [0, 0.05) is 52.9 Å². The van der Waals surface area contributed by atoms with E-state index < -0.39 is 12.2 Å². The van der Waals surface area contributed by atoms with Crippen molar-refractivity contribution in [1.82, 2.24) is 25.2 Å². The quantitative estimate of drug-likeness (QED) is 0.156. The van der Waals surface area contributed by atoms with Crippen molar-refractivity contribution in [2.24, 2.45) is 0 Å². The number of alkyl carbamates (subject to hydrolysis) is 1. The molecule has 1 aliphatic rings. The lowest BCUT2D eigenvalue weighted by molar-refractivity contribution is -0.142. The number of benzene rings is 3. The molecule has 4 N–H and O–H groups in total. The largest absolute Gasteiger partial charge is 0.431 e. The van der Waals surface area contributed by atoms with Gasteiger partial charge in [-0.25, -0.2) is 9.78 Å². The van der Waals surface area contributed by atoms with E-state index in [0.717, 1.165) is 51.9 Å². The third-order valence-corrected chi connectivity index (χ3v) is 7.85. The van der Waals surface area contributed by atoms with Gasteiger partial charge in [0.2, 0.25) is 12.0 Å². The van der Waals surface area contributed by atoms with Crippen LogP contribution in [0, 0.1) is 0 Å². The van der Waals surface area contributed by atoms with Crippen molar-refractivity contribution in [3.8, 4) is 22.5 Å². The lowest BCUT2D eigenvalue weighted by atomic mass is 10.1. The molecule has 1 saturated heterocycles. The van der Waals surface area contributed by atoms with Crippen LogP contribution in [-0.4, -0.2) is 50.3 Å². The number of H-pyrrole nitrogens is 2. The van der Waals surface area contributed by atoms with Crippen LogP contribution in [0.15, 0.2) is 85.1 Å². The van der Waals surface area contributed by atoms with Crippen LogP contribution < -0.4 is 10.6 Å². The highest BCUT2D eigenvalue weighted by Crippen LogP contribution is 2.35. The zero-order chi connectivity index (χ0) is 31.5. The van der Waals surface area contributed by atoms with E-state index in [9.17, 15) is 14.4 Å². The number of nitrogens with one attached hydrogen (secondary N) is 4. The molecule has 0 aliphatic carbocycles. The Morgan fingerprint density at radius 2 is 1.69 bits per heavy atom. The maximum absolute atomic E-state index is 13.9. The summed E-state index contributed by atoms with van der Waals surface area (Å²) in [6, 6.07) is 24.7. The van der Waals surface area contributed by atoms with Crippen LogP contribution in [-0.2, 0) is 14.3 Å². The van der Waals surface area contributed by atoms with Crippen molar-refractivity contribution < 1.29 is 19.1 Å². The molecule has 230 valence electrons. The summed E-state index contributed by atoms with van der Waals surface area (Å²) < 4.78 is 5.68. The molecule has 3 amide bonds. The van der Waals surface area contributed by atoms with Crippen molar-refractivity contribution in [1.29, 1.82) is 0 Å². The predicted molar refractivity (Wildman–Crippen MR) is 173 cm³/mol. The van der Waals surface area contributed by atoms with Crippen LogP contribution in [0.1, 0.15) is 57.1 Å². The van der Waals surface area contributed by atoms with Crippen molar-refractivity contribution in [3.63, 3.8) is 0 Å². The molecule has 5 aromatic rings. The average Bonchev–Trinajstić information content (AvgIpc) is 3.79. The number of anilines is 1. The second-order valence-electron chi connectivity index (χ2n) is 11.6. The number of hydrogen-bond donors (Lipinski definition) is 4. The summed E-state index contributed by atoms with van der Waals surface area (Å²) in [5, 5.41) is 6.55. The van der Waals surface area contributed by atoms with Crippen LogP contribution >= 0.6 is 0 Å². The van der Waals surface area contributed by atoms with E-state index in [1.807, 2.05) is 68.4 Å². The van der Waals surface area contributed by atoms with Gasteiger partial charge < -0.3 is 30.2 Å². The molecule has 3 aromatic carbocycles. The van der Waals surface area contributed by atoms with E-state index >= 15 is 0 Å². The van der Waals surface area contributed by atoms with Gasteiger partial charge in [-0.1, -0.05) is 48.5 Å². The van der Waals surface area contributed by atoms with E-state index in [1.54, 1.807) is 23.2 Å². The minimum absolute atomic E-state index is 0.105. The fourth-order valence-corrected chi connectivity index (χ4v) is 5.78. The fourth-order valence-electron chi connectivity index (χ4n) is 5.78. The average molecular weight is 605 g/mol. The third-order valence-electron chi connectivity index (χ3n) is 7.85. The first-order valence-electron chi connectivity index (χ1n) is 15.1. The first-order chi connectivity index (χ1) is 21.7. The molecule has 10 nitrogen and oxygen atoms in total. The number of amides is 3. The van der Waals surface area contributed by atoms with Gasteiger partial charge >= 0.3 is 6.09 Å². The van der Waals surface area contributed by atoms with Gasteiger partial charge in [-0.2, -0.15) is 0 Å². The normalized spacial score (nSPS) is 15.3. The Hall–Kier alpha value is -5.38. The SMILES string of the molecule is CC(=O)Nc1ccc(-c2cc3cc(-c4cnc([C@@H]5CCCN5C(=O)[C@H](OC(=O)NC(C)C)c5ccccc5)[nH]4)ccc3[nH]2)cc1. The Labute approximate surface area is 261 Å². The smallest absolute Gasteiger partial charge is 0.408 e. The minimum Gasteiger partial charge on any atom is -0.431 e. The van der Waals surface area contributed by atoms with Gasteiger partial charge in [0.25, 0.3) is 5.91 Å². The molecule has 3 heterocycles. The molecule has 45 heavy (non-hydrogen) atoms. The first kappa shape index (κ1) is 29.7. The van der Waals surface area contributed by atoms with Crippen LogP contribution in [0.2, 0.25) is 0 Å². The summed E-state index contributed by atoms with van der Waals surface area (Å²) >= 11 is 0. The molecule has 1 aliphatic heterocycles. The maximum Gasteiger partial charge on any atom is 0.408 e. The molecule has 6 rings (SSSR count). The molecule has 2 aromatic heterocycles. The Kier molecular flexibility index (Phi) is 8.37. The Bertz CT molecular complexity index is 1830. The second-order valence-corrected chi connectivity index (χ2v) is 11.6. The van der Waals surface area contributed by atoms with Crippen molar-refractivity contribution >= 4 is 34.5 Å². The van der Waals surface area contributed by atoms with Crippen LogP contribution in [0.5, 0.6) is 0 Å². The van der Waals surface area contributed by atoms with Gasteiger partial charge in [-0.15, -0.1) is 0 Å². The van der Waals surface area contributed by atoms with Gasteiger partial charge in [0.05, 0.1) is 17.9 Å². The highest BCUT2D eigenvalue weighted by atomic mass is 16.6. The maximum atomic E-state index is 13.9. The predicted octanol–water partition coefficient (Wildman–Crippen LogP) is 6.72. The summed E-state index contributed by atoms with van der Waals surface area (Å²) in [5.74, 6) is 0.321. The number of carbonyl (C=O) groups is 3. The topological polar surface area (TPSA) is 132 Å². The van der Waals surface area contributed by atoms with Gasteiger partial charge in [-0.05, 0) is 62.6 Å². The zero-order valence-corrected chi connectivity index (χ0v) is 25.5. The third kappa shape index (κ3) is 6.59. The number of aromatic amines is 2. The molecule has 0 spiro atoms. The Balaban J connectivity index is 1.21. The monoisotopic (exact) mass is 604 g/mol. The molecule has 2 atom stereocenters. The number of carbonyl (C=O) groups excluding carboxylic acids is 3. The summed E-state index contributed by atoms with van der Waals surface area (Å²) in [4.78, 5) is 51.2. The molecular weight excluding hydrogens is 568 g/mol. The number of fused-ring (bicyclic) bond motifs is 1. The molecule has 10 heteroatoms. The van der Waals surface area contributed by atoms with Crippen LogP contribution in [0.3, 0.4) is 0 Å². The van der Waals surface area contributed by atoms with E-state index in [4.69, 9.17) is 9.72 Å². The molecule has 0 saturated carbocycles. The number of imidazole rings is 1. The molecule has 0 bridgehead atoms. The van der Waals surface area contributed by atoms with Crippen molar-refractivity contribution in [3.05, 3.63) is 96.4 Å². The highest BCUT2D eigenvalue weighted by molar-refractivity contribution is 5.91. The second kappa shape index (κ2) is 12.7. The van der Waals surface area contributed by atoms with E-state index in [-0.39, 0.29) is 23.9 Å². The molecule has 0 unspecified atom stereocenters. The molecular formula is C35H36N6O4.